The first-order valence-electron chi connectivity index (χ1n) is 6.81. The number of hydrogen-bond acceptors (Lipinski definition) is 4. The molecule has 6 heteroatoms. The smallest absolute Gasteiger partial charge is 0.172 e. The van der Waals surface area contributed by atoms with E-state index in [0.29, 0.717) is 0 Å². The number of H-pyrrole nitrogens is 1. The molecule has 0 aliphatic carbocycles. The molecule has 0 radical (unpaired) electrons. The Morgan fingerprint density at radius 3 is 2.86 bits per heavy atom. The number of imidazole rings is 1. The maximum absolute atomic E-state index is 4.59. The van der Waals surface area contributed by atoms with Gasteiger partial charge in [0.25, 0.3) is 0 Å². The van der Waals surface area contributed by atoms with Crippen molar-refractivity contribution in [3.8, 4) is 0 Å². The van der Waals surface area contributed by atoms with Crippen molar-refractivity contribution in [1.82, 2.24) is 19.9 Å². The van der Waals surface area contributed by atoms with E-state index in [4.69, 9.17) is 0 Å². The van der Waals surface area contributed by atoms with Gasteiger partial charge in [-0.2, -0.15) is 0 Å². The molecule has 0 unspecified atom stereocenters. The maximum atomic E-state index is 4.59. The van der Waals surface area contributed by atoms with Crippen LogP contribution in [0.15, 0.2) is 39.1 Å². The molecule has 0 aliphatic rings. The van der Waals surface area contributed by atoms with E-state index < -0.39 is 0 Å². The Morgan fingerprint density at radius 1 is 1.19 bits per heavy atom. The monoisotopic (exact) mass is 362 g/mol. The minimum atomic E-state index is 0.815. The van der Waals surface area contributed by atoms with E-state index in [1.165, 1.54) is 17.3 Å². The highest BCUT2D eigenvalue weighted by Gasteiger charge is 2.08. The van der Waals surface area contributed by atoms with E-state index in [9.17, 15) is 0 Å². The van der Waals surface area contributed by atoms with Crippen LogP contribution in [0.3, 0.4) is 0 Å². The largest absolute Gasteiger partial charge is 0.333 e. The Morgan fingerprint density at radius 2 is 2.05 bits per heavy atom. The first-order valence-corrected chi connectivity index (χ1v) is 8.42. The molecule has 1 N–H and O–H groups in total. The standard InChI is InChI=1S/C15H15BrN4S/c1-3-4-13-19-12(16)8-14(20-13)21-15-17-10-6-5-9(2)7-11(10)18-15/h5-8H,3-4H2,1-2H3,(H,17,18). The molecule has 0 spiro atoms. The molecule has 0 saturated carbocycles. The molecule has 21 heavy (non-hydrogen) atoms. The number of hydrogen-bond donors (Lipinski definition) is 1. The molecular formula is C15H15BrN4S. The number of benzene rings is 1. The molecule has 0 fully saturated rings. The van der Waals surface area contributed by atoms with Crippen molar-refractivity contribution in [1.29, 1.82) is 0 Å². The average Bonchev–Trinajstić information content (AvgIpc) is 2.79. The third-order valence-corrected chi connectivity index (χ3v) is 4.22. The summed E-state index contributed by atoms with van der Waals surface area (Å²) in [6.07, 6.45) is 1.91. The summed E-state index contributed by atoms with van der Waals surface area (Å²) in [5.41, 5.74) is 3.25. The van der Waals surface area contributed by atoms with E-state index in [1.54, 1.807) is 0 Å². The molecular weight excluding hydrogens is 348 g/mol. The minimum absolute atomic E-state index is 0.815. The fourth-order valence-corrected chi connectivity index (χ4v) is 3.47. The SMILES string of the molecule is CCCc1nc(Br)cc(Sc2nc3ccc(C)cc3[nH]2)n1. The third kappa shape index (κ3) is 3.44. The number of fused-ring (bicyclic) bond motifs is 1. The Labute approximate surface area is 135 Å². The zero-order valence-electron chi connectivity index (χ0n) is 11.9. The summed E-state index contributed by atoms with van der Waals surface area (Å²) < 4.78 is 0.815. The van der Waals surface area contributed by atoms with Crippen molar-refractivity contribution >= 4 is 38.7 Å². The minimum Gasteiger partial charge on any atom is -0.333 e. The summed E-state index contributed by atoms with van der Waals surface area (Å²) in [6, 6.07) is 8.12. The van der Waals surface area contributed by atoms with Crippen LogP contribution < -0.4 is 0 Å². The normalized spacial score (nSPS) is 11.2. The van der Waals surface area contributed by atoms with Crippen LogP contribution in [-0.4, -0.2) is 19.9 Å². The topological polar surface area (TPSA) is 54.5 Å². The summed E-state index contributed by atoms with van der Waals surface area (Å²) in [5.74, 6) is 0.862. The van der Waals surface area contributed by atoms with Crippen molar-refractivity contribution < 1.29 is 0 Å². The van der Waals surface area contributed by atoms with Crippen LogP contribution in [0.1, 0.15) is 24.7 Å². The summed E-state index contributed by atoms with van der Waals surface area (Å²) in [6.45, 7) is 4.20. The lowest BCUT2D eigenvalue weighted by Crippen LogP contribution is -1.96. The first-order chi connectivity index (χ1) is 10.1. The number of aryl methyl sites for hydroxylation is 2. The van der Waals surface area contributed by atoms with E-state index in [-0.39, 0.29) is 0 Å². The molecule has 3 aromatic rings. The maximum Gasteiger partial charge on any atom is 0.172 e. The van der Waals surface area contributed by atoms with Crippen molar-refractivity contribution in [2.24, 2.45) is 0 Å². The fourth-order valence-electron chi connectivity index (χ4n) is 2.08. The molecule has 2 aromatic heterocycles. The number of halogens is 1. The van der Waals surface area contributed by atoms with E-state index in [2.05, 4.69) is 61.8 Å². The van der Waals surface area contributed by atoms with Gasteiger partial charge >= 0.3 is 0 Å². The van der Waals surface area contributed by atoms with Gasteiger partial charge in [0.2, 0.25) is 0 Å². The van der Waals surface area contributed by atoms with Crippen molar-refractivity contribution in [3.63, 3.8) is 0 Å². The molecule has 2 heterocycles. The highest BCUT2D eigenvalue weighted by Crippen LogP contribution is 2.27. The quantitative estimate of drug-likeness (QED) is 0.692. The number of aromatic nitrogens is 4. The first kappa shape index (κ1) is 14.5. The van der Waals surface area contributed by atoms with Crippen LogP contribution in [0.5, 0.6) is 0 Å². The second-order valence-electron chi connectivity index (χ2n) is 4.86. The van der Waals surface area contributed by atoms with Crippen LogP contribution >= 0.6 is 27.7 Å². The molecule has 108 valence electrons. The van der Waals surface area contributed by atoms with Gasteiger partial charge in [0.05, 0.1) is 11.0 Å². The lowest BCUT2D eigenvalue weighted by Gasteiger charge is -2.02. The van der Waals surface area contributed by atoms with E-state index in [1.807, 2.05) is 12.1 Å². The number of aromatic amines is 1. The number of rotatable bonds is 4. The van der Waals surface area contributed by atoms with Gasteiger partial charge in [-0.3, -0.25) is 0 Å². The average molecular weight is 363 g/mol. The third-order valence-electron chi connectivity index (χ3n) is 3.01. The fraction of sp³-hybridized carbons (Fsp3) is 0.267. The van der Waals surface area contributed by atoms with Gasteiger partial charge in [-0.05, 0) is 58.7 Å². The molecule has 1 aromatic carbocycles. The lowest BCUT2D eigenvalue weighted by atomic mass is 10.2. The Hall–Kier alpha value is -1.40. The summed E-state index contributed by atoms with van der Waals surface area (Å²) in [4.78, 5) is 16.9. The zero-order chi connectivity index (χ0) is 14.8. The predicted molar refractivity (Wildman–Crippen MR) is 88.7 cm³/mol. The second-order valence-corrected chi connectivity index (χ2v) is 6.68. The second kappa shape index (κ2) is 6.15. The van der Waals surface area contributed by atoms with E-state index in [0.717, 1.165) is 44.5 Å². The van der Waals surface area contributed by atoms with Gasteiger partial charge in [0.15, 0.2) is 5.16 Å². The highest BCUT2D eigenvalue weighted by molar-refractivity contribution is 9.10. The molecule has 0 atom stereocenters. The Bertz CT molecular complexity index is 784. The van der Waals surface area contributed by atoms with Crippen LogP contribution in [0.2, 0.25) is 0 Å². The van der Waals surface area contributed by atoms with Crippen LogP contribution in [0, 0.1) is 6.92 Å². The molecule has 0 bridgehead atoms. The zero-order valence-corrected chi connectivity index (χ0v) is 14.3. The van der Waals surface area contributed by atoms with Gasteiger partial charge < -0.3 is 4.98 Å². The summed E-state index contributed by atoms with van der Waals surface area (Å²) >= 11 is 4.97. The molecule has 3 rings (SSSR count). The Kier molecular flexibility index (Phi) is 4.26. The van der Waals surface area contributed by atoms with Gasteiger partial charge in [0.1, 0.15) is 15.5 Å². The van der Waals surface area contributed by atoms with Crippen molar-refractivity contribution in [3.05, 3.63) is 40.3 Å². The molecule has 0 aliphatic heterocycles. The summed E-state index contributed by atoms with van der Waals surface area (Å²) in [7, 11) is 0. The van der Waals surface area contributed by atoms with Crippen molar-refractivity contribution in [2.45, 2.75) is 36.9 Å². The van der Waals surface area contributed by atoms with Crippen LogP contribution in [-0.2, 0) is 6.42 Å². The van der Waals surface area contributed by atoms with Crippen molar-refractivity contribution in [2.75, 3.05) is 0 Å². The van der Waals surface area contributed by atoms with E-state index >= 15 is 0 Å². The lowest BCUT2D eigenvalue weighted by molar-refractivity contribution is 0.802. The van der Waals surface area contributed by atoms with Gasteiger partial charge in [-0.25, -0.2) is 15.0 Å². The Balaban J connectivity index is 1.90. The summed E-state index contributed by atoms with van der Waals surface area (Å²) in [5, 5.41) is 1.75. The molecule has 0 amide bonds. The van der Waals surface area contributed by atoms with Crippen LogP contribution in [0.4, 0.5) is 0 Å². The highest BCUT2D eigenvalue weighted by atomic mass is 79.9. The number of nitrogens with one attached hydrogen (secondary N) is 1. The van der Waals surface area contributed by atoms with Gasteiger partial charge in [-0.1, -0.05) is 13.0 Å². The van der Waals surface area contributed by atoms with Crippen LogP contribution in [0.25, 0.3) is 11.0 Å². The molecule has 4 nitrogen and oxygen atoms in total. The van der Waals surface area contributed by atoms with Gasteiger partial charge in [-0.15, -0.1) is 0 Å². The van der Waals surface area contributed by atoms with Gasteiger partial charge in [0, 0.05) is 12.5 Å². The predicted octanol–water partition coefficient (Wildman–Crippen LogP) is 4.53. The number of nitrogens with zero attached hydrogens (tertiary/aromatic N) is 3. The molecule has 0 saturated heterocycles.